The topological polar surface area (TPSA) is 50.2 Å². The van der Waals surface area contributed by atoms with Crippen LogP contribution in [-0.4, -0.2) is 46.0 Å². The van der Waals surface area contributed by atoms with Crippen molar-refractivity contribution in [2.75, 3.05) is 19.6 Å². The zero-order valence-electron chi connectivity index (χ0n) is 13.1. The van der Waals surface area contributed by atoms with Gasteiger partial charge in [-0.25, -0.2) is 4.98 Å². The molecule has 3 heterocycles. The first-order valence-corrected chi connectivity index (χ1v) is 8.63. The second-order valence-electron chi connectivity index (χ2n) is 5.64. The molecule has 0 saturated carbocycles. The highest BCUT2D eigenvalue weighted by atomic mass is 32.1. The number of rotatable bonds is 5. The summed E-state index contributed by atoms with van der Waals surface area (Å²) >= 11 is 1.44. The summed E-state index contributed by atoms with van der Waals surface area (Å²) in [4.78, 5) is 20.1. The van der Waals surface area contributed by atoms with Gasteiger partial charge in [0.2, 0.25) is 0 Å². The lowest BCUT2D eigenvalue weighted by molar-refractivity contribution is 0.0944. The van der Waals surface area contributed by atoms with E-state index in [9.17, 15) is 4.79 Å². The first-order valence-electron chi connectivity index (χ1n) is 7.82. The highest BCUT2D eigenvalue weighted by Crippen LogP contribution is 2.22. The van der Waals surface area contributed by atoms with Crippen LogP contribution in [0.1, 0.15) is 35.1 Å². The number of aromatic nitrogens is 2. The predicted octanol–water partition coefficient (Wildman–Crippen LogP) is 2.46. The molecule has 5 nitrogen and oxygen atoms in total. The van der Waals surface area contributed by atoms with Crippen molar-refractivity contribution in [3.63, 3.8) is 0 Å². The van der Waals surface area contributed by atoms with Crippen LogP contribution in [0.25, 0.3) is 5.13 Å². The van der Waals surface area contributed by atoms with E-state index in [-0.39, 0.29) is 5.91 Å². The van der Waals surface area contributed by atoms with Crippen molar-refractivity contribution in [3.05, 3.63) is 35.1 Å². The molecule has 2 aromatic rings. The number of amides is 1. The second-order valence-corrected chi connectivity index (χ2v) is 6.61. The zero-order valence-corrected chi connectivity index (χ0v) is 13.9. The number of carbonyl (C=O) groups is 1. The zero-order chi connectivity index (χ0) is 15.5. The largest absolute Gasteiger partial charge is 0.350 e. The van der Waals surface area contributed by atoms with Crippen LogP contribution in [0.2, 0.25) is 0 Å². The minimum absolute atomic E-state index is 0.00337. The Labute approximate surface area is 135 Å². The summed E-state index contributed by atoms with van der Waals surface area (Å²) < 4.78 is 1.93. The number of likely N-dealkylation sites (tertiary alicyclic amines) is 1. The molecule has 1 N–H and O–H groups in total. The Bertz CT molecular complexity index is 635. The molecule has 1 aliphatic rings. The molecule has 1 atom stereocenters. The molecular formula is C16H22N4OS. The summed E-state index contributed by atoms with van der Waals surface area (Å²) in [7, 11) is 0. The molecule has 22 heavy (non-hydrogen) atoms. The summed E-state index contributed by atoms with van der Waals surface area (Å²) in [5.74, 6) is -0.00337. The van der Waals surface area contributed by atoms with Crippen molar-refractivity contribution >= 4 is 17.2 Å². The smallest absolute Gasteiger partial charge is 0.263 e. The van der Waals surface area contributed by atoms with Crippen molar-refractivity contribution in [1.82, 2.24) is 19.8 Å². The lowest BCUT2D eigenvalue weighted by Crippen LogP contribution is -2.39. The van der Waals surface area contributed by atoms with Crippen molar-refractivity contribution in [1.29, 1.82) is 0 Å². The van der Waals surface area contributed by atoms with Crippen LogP contribution in [0, 0.1) is 6.92 Å². The fourth-order valence-electron chi connectivity index (χ4n) is 3.00. The van der Waals surface area contributed by atoms with Gasteiger partial charge in [-0.2, -0.15) is 0 Å². The number of aryl methyl sites for hydroxylation is 1. The minimum Gasteiger partial charge on any atom is -0.350 e. The lowest BCUT2D eigenvalue weighted by atomic mass is 10.2. The number of nitrogens with zero attached hydrogens (tertiary/aromatic N) is 3. The fraction of sp³-hybridized carbons (Fsp3) is 0.500. The lowest BCUT2D eigenvalue weighted by Gasteiger charge is -2.22. The average molecular weight is 318 g/mol. The van der Waals surface area contributed by atoms with E-state index in [4.69, 9.17) is 0 Å². The quantitative estimate of drug-likeness (QED) is 0.921. The van der Waals surface area contributed by atoms with Gasteiger partial charge in [0.1, 0.15) is 4.88 Å². The molecule has 0 unspecified atom stereocenters. The predicted molar refractivity (Wildman–Crippen MR) is 88.8 cm³/mol. The van der Waals surface area contributed by atoms with Crippen LogP contribution < -0.4 is 5.32 Å². The number of likely N-dealkylation sites (N-methyl/N-ethyl adjacent to an activating group) is 1. The molecule has 0 aromatic carbocycles. The molecule has 1 fully saturated rings. The SMILES string of the molecule is CCN1CCC[C@@H]1CNC(=O)c1sc(-n2cccc2)nc1C. The Morgan fingerprint density at radius 1 is 1.45 bits per heavy atom. The average Bonchev–Trinajstić information content (AvgIpc) is 3.24. The van der Waals surface area contributed by atoms with Gasteiger partial charge in [0.05, 0.1) is 5.69 Å². The molecule has 3 rings (SSSR count). The molecule has 6 heteroatoms. The Hall–Kier alpha value is -1.66. The van der Waals surface area contributed by atoms with Gasteiger partial charge < -0.3 is 9.88 Å². The standard InChI is InChI=1S/C16H22N4OS/c1-3-19-10-6-7-13(19)11-17-15(21)14-12(2)18-16(22-14)20-8-4-5-9-20/h4-5,8-9,13H,3,6-7,10-11H2,1-2H3,(H,17,21)/t13-/m1/s1. The second kappa shape index (κ2) is 6.62. The van der Waals surface area contributed by atoms with Gasteiger partial charge in [-0.3, -0.25) is 9.69 Å². The van der Waals surface area contributed by atoms with Gasteiger partial charge in [0.15, 0.2) is 5.13 Å². The van der Waals surface area contributed by atoms with E-state index < -0.39 is 0 Å². The summed E-state index contributed by atoms with van der Waals surface area (Å²) in [5.41, 5.74) is 0.796. The van der Waals surface area contributed by atoms with Crippen LogP contribution >= 0.6 is 11.3 Å². The summed E-state index contributed by atoms with van der Waals surface area (Å²) in [6, 6.07) is 4.39. The van der Waals surface area contributed by atoms with E-state index >= 15 is 0 Å². The van der Waals surface area contributed by atoms with Crippen molar-refractivity contribution in [2.24, 2.45) is 0 Å². The van der Waals surface area contributed by atoms with E-state index in [1.54, 1.807) is 0 Å². The first kappa shape index (κ1) is 15.2. The maximum atomic E-state index is 12.4. The van der Waals surface area contributed by atoms with Gasteiger partial charge in [0, 0.05) is 25.0 Å². The van der Waals surface area contributed by atoms with E-state index in [0.29, 0.717) is 10.9 Å². The van der Waals surface area contributed by atoms with Gasteiger partial charge in [-0.1, -0.05) is 18.3 Å². The third kappa shape index (κ3) is 3.08. The van der Waals surface area contributed by atoms with Gasteiger partial charge in [-0.15, -0.1) is 0 Å². The van der Waals surface area contributed by atoms with Crippen LogP contribution in [0.15, 0.2) is 24.5 Å². The molecule has 1 aliphatic heterocycles. The highest BCUT2D eigenvalue weighted by Gasteiger charge is 2.24. The van der Waals surface area contributed by atoms with Gasteiger partial charge in [0.25, 0.3) is 5.91 Å². The highest BCUT2D eigenvalue weighted by molar-refractivity contribution is 7.16. The molecule has 0 radical (unpaired) electrons. The summed E-state index contributed by atoms with van der Waals surface area (Å²) in [6.07, 6.45) is 6.28. The Morgan fingerprint density at radius 2 is 2.23 bits per heavy atom. The molecule has 0 bridgehead atoms. The van der Waals surface area contributed by atoms with E-state index in [0.717, 1.165) is 30.5 Å². The molecule has 0 aliphatic carbocycles. The van der Waals surface area contributed by atoms with Gasteiger partial charge >= 0.3 is 0 Å². The number of hydrogen-bond acceptors (Lipinski definition) is 4. The van der Waals surface area contributed by atoms with Crippen molar-refractivity contribution in [3.8, 4) is 5.13 Å². The van der Waals surface area contributed by atoms with Crippen LogP contribution in [0.4, 0.5) is 0 Å². The van der Waals surface area contributed by atoms with Crippen LogP contribution in [0.5, 0.6) is 0 Å². The van der Waals surface area contributed by atoms with Crippen molar-refractivity contribution < 1.29 is 4.79 Å². The third-order valence-electron chi connectivity index (χ3n) is 4.22. The number of hydrogen-bond donors (Lipinski definition) is 1. The Kier molecular flexibility index (Phi) is 4.59. The first-order chi connectivity index (χ1) is 10.7. The van der Waals surface area contributed by atoms with Crippen LogP contribution in [0.3, 0.4) is 0 Å². The minimum atomic E-state index is -0.00337. The maximum absolute atomic E-state index is 12.4. The maximum Gasteiger partial charge on any atom is 0.263 e. The molecule has 1 amide bonds. The third-order valence-corrected chi connectivity index (χ3v) is 5.39. The normalized spacial score (nSPS) is 18.7. The van der Waals surface area contributed by atoms with Gasteiger partial charge in [-0.05, 0) is 45.0 Å². The monoisotopic (exact) mass is 318 g/mol. The number of thiazole rings is 1. The number of nitrogens with one attached hydrogen (secondary N) is 1. The van der Waals surface area contributed by atoms with E-state index in [1.165, 1.54) is 24.2 Å². The molecular weight excluding hydrogens is 296 g/mol. The molecule has 2 aromatic heterocycles. The molecule has 118 valence electrons. The Balaban J connectivity index is 1.65. The molecule has 0 spiro atoms. The Morgan fingerprint density at radius 3 is 2.95 bits per heavy atom. The summed E-state index contributed by atoms with van der Waals surface area (Å²) in [6.45, 7) is 7.00. The number of carbonyl (C=O) groups excluding carboxylic acids is 1. The van der Waals surface area contributed by atoms with Crippen LogP contribution in [-0.2, 0) is 0 Å². The fourth-order valence-corrected chi connectivity index (χ4v) is 3.95. The van der Waals surface area contributed by atoms with E-state index in [2.05, 4.69) is 22.1 Å². The van der Waals surface area contributed by atoms with E-state index in [1.807, 2.05) is 36.0 Å². The molecule has 1 saturated heterocycles. The summed E-state index contributed by atoms with van der Waals surface area (Å²) in [5, 5.41) is 3.92. The van der Waals surface area contributed by atoms with Crippen molar-refractivity contribution in [2.45, 2.75) is 32.7 Å².